The zero-order chi connectivity index (χ0) is 11.8. The van der Waals surface area contributed by atoms with Gasteiger partial charge in [-0.25, -0.2) is 4.98 Å². The Hall–Kier alpha value is -1.36. The highest BCUT2D eigenvalue weighted by atomic mass is 16.3. The summed E-state index contributed by atoms with van der Waals surface area (Å²) in [6, 6.07) is 1.89. The van der Waals surface area contributed by atoms with E-state index in [2.05, 4.69) is 27.1 Å². The van der Waals surface area contributed by atoms with Crippen molar-refractivity contribution in [2.24, 2.45) is 0 Å². The lowest BCUT2D eigenvalue weighted by molar-refractivity contribution is 0.289. The van der Waals surface area contributed by atoms with Crippen molar-refractivity contribution in [3.63, 3.8) is 0 Å². The van der Waals surface area contributed by atoms with E-state index in [1.54, 1.807) is 6.20 Å². The summed E-state index contributed by atoms with van der Waals surface area (Å²) in [7, 11) is 0. The van der Waals surface area contributed by atoms with Crippen LogP contribution in [0.2, 0.25) is 0 Å². The second kappa shape index (κ2) is 7.00. The molecule has 0 aromatic carbocycles. The molecule has 5 nitrogen and oxygen atoms in total. The lowest BCUT2D eigenvalue weighted by atomic mass is 10.4. The highest BCUT2D eigenvalue weighted by Crippen LogP contribution is 2.11. The molecule has 5 heteroatoms. The van der Waals surface area contributed by atoms with Crippen LogP contribution in [0.1, 0.15) is 20.3 Å². The number of aliphatic hydroxyl groups excluding tert-OH is 1. The van der Waals surface area contributed by atoms with Gasteiger partial charge in [0.2, 0.25) is 5.95 Å². The molecule has 0 bridgehead atoms. The SMILES string of the molecule is CCNc1nccc(N(CC)CCCO)n1. The Bertz CT molecular complexity index is 306. The van der Waals surface area contributed by atoms with Crippen LogP contribution in [0, 0.1) is 0 Å². The van der Waals surface area contributed by atoms with Gasteiger partial charge in [-0.15, -0.1) is 0 Å². The average Bonchev–Trinajstić information content (AvgIpc) is 2.31. The van der Waals surface area contributed by atoms with Crippen LogP contribution in [0.3, 0.4) is 0 Å². The summed E-state index contributed by atoms with van der Waals surface area (Å²) in [5.74, 6) is 1.56. The van der Waals surface area contributed by atoms with Crippen LogP contribution in [0.4, 0.5) is 11.8 Å². The van der Waals surface area contributed by atoms with Crippen molar-refractivity contribution in [2.75, 3.05) is 36.5 Å². The van der Waals surface area contributed by atoms with Crippen molar-refractivity contribution < 1.29 is 5.11 Å². The summed E-state index contributed by atoms with van der Waals surface area (Å²) in [4.78, 5) is 10.7. The van der Waals surface area contributed by atoms with E-state index >= 15 is 0 Å². The van der Waals surface area contributed by atoms with Crippen molar-refractivity contribution in [3.8, 4) is 0 Å². The molecule has 0 aliphatic carbocycles. The third kappa shape index (κ3) is 3.66. The van der Waals surface area contributed by atoms with Gasteiger partial charge < -0.3 is 15.3 Å². The fourth-order valence-electron chi connectivity index (χ4n) is 1.46. The van der Waals surface area contributed by atoms with Gasteiger partial charge in [-0.2, -0.15) is 4.98 Å². The number of nitrogens with one attached hydrogen (secondary N) is 1. The fourth-order valence-corrected chi connectivity index (χ4v) is 1.46. The molecule has 2 N–H and O–H groups in total. The Morgan fingerprint density at radius 2 is 2.25 bits per heavy atom. The normalized spacial score (nSPS) is 10.2. The lowest BCUT2D eigenvalue weighted by Gasteiger charge is -2.21. The maximum absolute atomic E-state index is 8.82. The zero-order valence-electron chi connectivity index (χ0n) is 9.98. The summed E-state index contributed by atoms with van der Waals surface area (Å²) in [6.45, 7) is 6.80. The van der Waals surface area contributed by atoms with Gasteiger partial charge in [0.25, 0.3) is 0 Å². The number of rotatable bonds is 7. The Morgan fingerprint density at radius 1 is 1.44 bits per heavy atom. The largest absolute Gasteiger partial charge is 0.396 e. The zero-order valence-corrected chi connectivity index (χ0v) is 9.98. The smallest absolute Gasteiger partial charge is 0.224 e. The topological polar surface area (TPSA) is 61.3 Å². The lowest BCUT2D eigenvalue weighted by Crippen LogP contribution is -2.26. The number of anilines is 2. The molecule has 0 radical (unpaired) electrons. The third-order valence-electron chi connectivity index (χ3n) is 2.27. The molecule has 0 unspecified atom stereocenters. The minimum atomic E-state index is 0.210. The highest BCUT2D eigenvalue weighted by Gasteiger charge is 2.06. The summed E-state index contributed by atoms with van der Waals surface area (Å²) < 4.78 is 0. The molecule has 1 rings (SSSR count). The predicted molar refractivity (Wildman–Crippen MR) is 65.8 cm³/mol. The van der Waals surface area contributed by atoms with Gasteiger partial charge in [-0.1, -0.05) is 0 Å². The third-order valence-corrected chi connectivity index (χ3v) is 2.27. The van der Waals surface area contributed by atoms with Crippen LogP contribution in [0.25, 0.3) is 0 Å². The molecule has 1 aromatic rings. The van der Waals surface area contributed by atoms with E-state index in [0.29, 0.717) is 5.95 Å². The van der Waals surface area contributed by atoms with Gasteiger partial charge in [-0.3, -0.25) is 0 Å². The minimum Gasteiger partial charge on any atom is -0.396 e. The van der Waals surface area contributed by atoms with E-state index in [-0.39, 0.29) is 6.61 Å². The standard InChI is InChI=1S/C11H20N4O/c1-3-12-11-13-7-6-10(14-11)15(4-2)8-5-9-16/h6-7,16H,3-5,8-9H2,1-2H3,(H,12,13,14). The molecular formula is C11H20N4O. The molecular weight excluding hydrogens is 204 g/mol. The first kappa shape index (κ1) is 12.7. The van der Waals surface area contributed by atoms with E-state index in [9.17, 15) is 0 Å². The van der Waals surface area contributed by atoms with Gasteiger partial charge >= 0.3 is 0 Å². The molecule has 16 heavy (non-hydrogen) atoms. The van der Waals surface area contributed by atoms with Crippen LogP contribution >= 0.6 is 0 Å². The maximum Gasteiger partial charge on any atom is 0.224 e. The molecule has 0 saturated heterocycles. The minimum absolute atomic E-state index is 0.210. The first-order valence-corrected chi connectivity index (χ1v) is 5.74. The molecule has 0 fully saturated rings. The van der Waals surface area contributed by atoms with E-state index in [1.165, 1.54) is 0 Å². The number of aromatic nitrogens is 2. The molecule has 0 aliphatic heterocycles. The summed E-state index contributed by atoms with van der Waals surface area (Å²) >= 11 is 0. The van der Waals surface area contributed by atoms with Gasteiger partial charge in [0, 0.05) is 32.4 Å². The number of hydrogen-bond donors (Lipinski definition) is 2. The van der Waals surface area contributed by atoms with Gasteiger partial charge in [-0.05, 0) is 26.3 Å². The average molecular weight is 224 g/mol. The van der Waals surface area contributed by atoms with E-state index < -0.39 is 0 Å². The summed E-state index contributed by atoms with van der Waals surface area (Å²) in [5, 5.41) is 11.9. The van der Waals surface area contributed by atoms with Crippen LogP contribution in [0.5, 0.6) is 0 Å². The molecule has 0 saturated carbocycles. The van der Waals surface area contributed by atoms with Crippen LogP contribution in [-0.4, -0.2) is 41.3 Å². The Morgan fingerprint density at radius 3 is 2.88 bits per heavy atom. The van der Waals surface area contributed by atoms with E-state index in [1.807, 2.05) is 13.0 Å². The Balaban J connectivity index is 2.71. The van der Waals surface area contributed by atoms with Gasteiger partial charge in [0.05, 0.1) is 0 Å². The van der Waals surface area contributed by atoms with Gasteiger partial charge in [0.15, 0.2) is 0 Å². The van der Waals surface area contributed by atoms with Crippen LogP contribution < -0.4 is 10.2 Å². The number of hydrogen-bond acceptors (Lipinski definition) is 5. The molecule has 0 spiro atoms. The van der Waals surface area contributed by atoms with Crippen molar-refractivity contribution >= 4 is 11.8 Å². The van der Waals surface area contributed by atoms with E-state index in [4.69, 9.17) is 5.11 Å². The molecule has 0 aliphatic rings. The molecule has 90 valence electrons. The van der Waals surface area contributed by atoms with Crippen molar-refractivity contribution in [1.29, 1.82) is 0 Å². The number of nitrogens with zero attached hydrogens (tertiary/aromatic N) is 3. The first-order valence-electron chi connectivity index (χ1n) is 5.74. The monoisotopic (exact) mass is 224 g/mol. The second-order valence-corrected chi connectivity index (χ2v) is 3.43. The quantitative estimate of drug-likeness (QED) is 0.726. The molecule has 1 heterocycles. The molecule has 0 atom stereocenters. The maximum atomic E-state index is 8.82. The number of aliphatic hydroxyl groups is 1. The highest BCUT2D eigenvalue weighted by molar-refractivity contribution is 5.42. The van der Waals surface area contributed by atoms with Crippen LogP contribution in [-0.2, 0) is 0 Å². The summed E-state index contributed by atoms with van der Waals surface area (Å²) in [6.07, 6.45) is 2.51. The molecule has 1 aromatic heterocycles. The Kier molecular flexibility index (Phi) is 5.56. The van der Waals surface area contributed by atoms with Gasteiger partial charge in [0.1, 0.15) is 5.82 Å². The first-order chi connectivity index (χ1) is 7.81. The van der Waals surface area contributed by atoms with Crippen LogP contribution in [0.15, 0.2) is 12.3 Å². The van der Waals surface area contributed by atoms with Crippen molar-refractivity contribution in [2.45, 2.75) is 20.3 Å². The molecule has 0 amide bonds. The predicted octanol–water partition coefficient (Wildman–Crippen LogP) is 1.12. The second-order valence-electron chi connectivity index (χ2n) is 3.43. The van der Waals surface area contributed by atoms with Crippen molar-refractivity contribution in [3.05, 3.63) is 12.3 Å². The Labute approximate surface area is 96.5 Å². The fraction of sp³-hybridized carbons (Fsp3) is 0.636. The summed E-state index contributed by atoms with van der Waals surface area (Å²) in [5.41, 5.74) is 0. The van der Waals surface area contributed by atoms with Crippen molar-refractivity contribution in [1.82, 2.24) is 9.97 Å². The van der Waals surface area contributed by atoms with E-state index in [0.717, 1.165) is 31.9 Å².